The number of likely N-dealkylation sites (tertiary alicyclic amines) is 1. The lowest BCUT2D eigenvalue weighted by Crippen LogP contribution is -2.36. The van der Waals surface area contributed by atoms with Gasteiger partial charge in [-0.1, -0.05) is 24.3 Å². The van der Waals surface area contributed by atoms with Gasteiger partial charge in [-0.15, -0.1) is 0 Å². The number of anilines is 1. The number of methoxy groups -OCH3 is 1. The Bertz CT molecular complexity index is 1290. The quantitative estimate of drug-likeness (QED) is 0.484. The lowest BCUT2D eigenvalue weighted by Gasteiger charge is -2.30. The molecule has 3 aliphatic heterocycles. The fraction of sp³-hybridized carbons (Fsp3) is 0.357. The van der Waals surface area contributed by atoms with Crippen molar-refractivity contribution in [2.45, 2.75) is 38.8 Å². The first-order valence-corrected chi connectivity index (χ1v) is 12.0. The maximum Gasteiger partial charge on any atom is 0.308 e. The van der Waals surface area contributed by atoms with Crippen molar-refractivity contribution < 1.29 is 27.8 Å². The number of allylic oxidation sites excluding steroid dienone is 1. The zero-order valence-corrected chi connectivity index (χ0v) is 20.5. The molecular formula is C28H28F2N2O4. The van der Waals surface area contributed by atoms with Crippen LogP contribution in [0.15, 0.2) is 48.2 Å². The molecule has 0 unspecified atom stereocenters. The van der Waals surface area contributed by atoms with Gasteiger partial charge in [0.1, 0.15) is 11.4 Å². The highest BCUT2D eigenvalue weighted by Gasteiger charge is 2.38. The molecule has 0 radical (unpaired) electrons. The van der Waals surface area contributed by atoms with E-state index >= 15 is 0 Å². The zero-order chi connectivity index (χ0) is 25.6. The van der Waals surface area contributed by atoms with Crippen LogP contribution in [0.25, 0.3) is 11.1 Å². The van der Waals surface area contributed by atoms with E-state index in [1.807, 2.05) is 26.0 Å². The van der Waals surface area contributed by atoms with Crippen LogP contribution in [0.3, 0.4) is 0 Å². The van der Waals surface area contributed by atoms with Crippen molar-refractivity contribution in [1.29, 1.82) is 0 Å². The van der Waals surface area contributed by atoms with Crippen molar-refractivity contribution in [1.82, 2.24) is 4.90 Å². The van der Waals surface area contributed by atoms with Gasteiger partial charge in [0.25, 0.3) is 5.91 Å². The summed E-state index contributed by atoms with van der Waals surface area (Å²) in [5, 5.41) is 2.59. The highest BCUT2D eigenvalue weighted by molar-refractivity contribution is 6.32. The number of hydrogen-bond acceptors (Lipinski definition) is 5. The lowest BCUT2D eigenvalue weighted by atomic mass is 9.91. The number of carbonyl (C=O) groups excluding carboxylic acids is 2. The van der Waals surface area contributed by atoms with Gasteiger partial charge in [-0.2, -0.15) is 0 Å². The smallest absolute Gasteiger partial charge is 0.308 e. The number of nitrogens with one attached hydrogen (secondary N) is 1. The van der Waals surface area contributed by atoms with Crippen molar-refractivity contribution in [2.24, 2.45) is 5.92 Å². The van der Waals surface area contributed by atoms with Crippen LogP contribution in [0.4, 0.5) is 14.5 Å². The van der Waals surface area contributed by atoms with Crippen LogP contribution in [0.2, 0.25) is 0 Å². The molecule has 1 N–H and O–H groups in total. The molecule has 5 rings (SSSR count). The second-order valence-corrected chi connectivity index (χ2v) is 9.95. The van der Waals surface area contributed by atoms with Crippen molar-refractivity contribution in [3.8, 4) is 0 Å². The van der Waals surface area contributed by atoms with E-state index in [1.54, 1.807) is 6.08 Å². The summed E-state index contributed by atoms with van der Waals surface area (Å²) in [6.45, 7) is 6.30. The Kier molecular flexibility index (Phi) is 6.16. The van der Waals surface area contributed by atoms with E-state index in [1.165, 1.54) is 7.11 Å². The maximum atomic E-state index is 13.9. The number of carbonyl (C=O) groups is 2. The van der Waals surface area contributed by atoms with Gasteiger partial charge >= 0.3 is 5.97 Å². The Balaban J connectivity index is 1.36. The Labute approximate surface area is 208 Å². The number of fused-ring (bicyclic) bond motifs is 1. The first-order chi connectivity index (χ1) is 17.2. The molecule has 0 atom stereocenters. The fourth-order valence-corrected chi connectivity index (χ4v) is 5.17. The minimum atomic E-state index is -1.02. The van der Waals surface area contributed by atoms with E-state index in [0.29, 0.717) is 5.76 Å². The van der Waals surface area contributed by atoms with Gasteiger partial charge in [-0.05, 0) is 63.0 Å². The summed E-state index contributed by atoms with van der Waals surface area (Å²) in [6.07, 6.45) is 3.40. The standard InChI is InChI=1S/C28H28F2N2O4/c1-28(2)20(13-24(36-28)25-19-12-21(29)22(30)14-23(19)31-26(25)33)17-6-4-16(5-7-17)15-32-10-8-18(9-11-32)27(34)35-3/h4-7,12-14,18H,8-11,15H2,1-3H3,(H,31,33)/b25-24+. The van der Waals surface area contributed by atoms with Gasteiger partial charge < -0.3 is 14.8 Å². The summed E-state index contributed by atoms with van der Waals surface area (Å²) in [7, 11) is 1.43. The van der Waals surface area contributed by atoms with Crippen LogP contribution in [0.1, 0.15) is 43.4 Å². The Morgan fingerprint density at radius 3 is 2.47 bits per heavy atom. The molecule has 2 aromatic rings. The molecule has 1 saturated heterocycles. The monoisotopic (exact) mass is 494 g/mol. The van der Waals surface area contributed by atoms with Gasteiger partial charge in [0.2, 0.25) is 0 Å². The van der Waals surface area contributed by atoms with Crippen LogP contribution in [-0.4, -0.2) is 42.6 Å². The SMILES string of the molecule is COC(=O)C1CCN(Cc2ccc(C3=C/C(=C4\C(=O)Nc5cc(F)c(F)cc54)OC3(C)C)cc2)CC1. The van der Waals surface area contributed by atoms with Gasteiger partial charge in [-0.3, -0.25) is 14.5 Å². The Morgan fingerprint density at radius 1 is 1.14 bits per heavy atom. The molecule has 188 valence electrons. The number of piperidine rings is 1. The molecule has 1 fully saturated rings. The molecule has 8 heteroatoms. The van der Waals surface area contributed by atoms with Crippen LogP contribution in [0.5, 0.6) is 0 Å². The molecule has 3 heterocycles. The number of amides is 1. The van der Waals surface area contributed by atoms with E-state index < -0.39 is 23.1 Å². The summed E-state index contributed by atoms with van der Waals surface area (Å²) in [5.41, 5.74) is 2.98. The summed E-state index contributed by atoms with van der Waals surface area (Å²) in [6, 6.07) is 10.2. The predicted octanol–water partition coefficient (Wildman–Crippen LogP) is 4.91. The van der Waals surface area contributed by atoms with Crippen molar-refractivity contribution in [2.75, 3.05) is 25.5 Å². The third-order valence-corrected chi connectivity index (χ3v) is 7.13. The van der Waals surface area contributed by atoms with Gasteiger partial charge in [0.05, 0.1) is 24.3 Å². The Hall–Kier alpha value is -3.52. The van der Waals surface area contributed by atoms with Crippen molar-refractivity contribution >= 4 is 28.7 Å². The number of rotatable bonds is 4. The minimum absolute atomic E-state index is 0.0158. The van der Waals surface area contributed by atoms with Gasteiger partial charge in [-0.25, -0.2) is 8.78 Å². The highest BCUT2D eigenvalue weighted by atomic mass is 19.2. The molecule has 6 nitrogen and oxygen atoms in total. The van der Waals surface area contributed by atoms with Crippen molar-refractivity contribution in [3.05, 3.63) is 76.6 Å². The summed E-state index contributed by atoms with van der Waals surface area (Å²) in [4.78, 5) is 26.7. The number of nitrogens with zero attached hydrogens (tertiary/aromatic N) is 1. The topological polar surface area (TPSA) is 67.9 Å². The minimum Gasteiger partial charge on any atom is -0.482 e. The number of hydrogen-bond donors (Lipinski definition) is 1. The molecule has 0 aromatic heterocycles. The normalized spacial score (nSPS) is 21.6. The third-order valence-electron chi connectivity index (χ3n) is 7.13. The first-order valence-electron chi connectivity index (χ1n) is 12.0. The number of halogens is 2. The van der Waals surface area contributed by atoms with Crippen LogP contribution < -0.4 is 5.32 Å². The van der Waals surface area contributed by atoms with E-state index in [-0.39, 0.29) is 28.7 Å². The van der Waals surface area contributed by atoms with Gasteiger partial charge in [0, 0.05) is 23.7 Å². The zero-order valence-electron chi connectivity index (χ0n) is 20.5. The molecular weight excluding hydrogens is 466 g/mol. The molecule has 0 bridgehead atoms. The third kappa shape index (κ3) is 4.41. The molecule has 3 aliphatic rings. The molecule has 0 spiro atoms. The maximum absolute atomic E-state index is 13.9. The molecule has 0 aliphatic carbocycles. The highest BCUT2D eigenvalue weighted by Crippen LogP contribution is 2.44. The van der Waals surface area contributed by atoms with Crippen LogP contribution in [-0.2, 0) is 25.6 Å². The average molecular weight is 495 g/mol. The number of benzene rings is 2. The van der Waals surface area contributed by atoms with Crippen molar-refractivity contribution in [3.63, 3.8) is 0 Å². The van der Waals surface area contributed by atoms with E-state index in [2.05, 4.69) is 22.3 Å². The molecule has 2 aromatic carbocycles. The average Bonchev–Trinajstić information content (AvgIpc) is 3.34. The van der Waals surface area contributed by atoms with E-state index in [0.717, 1.165) is 61.3 Å². The van der Waals surface area contributed by atoms with Gasteiger partial charge in [0.15, 0.2) is 11.6 Å². The van der Waals surface area contributed by atoms with Crippen LogP contribution >= 0.6 is 0 Å². The molecule has 0 saturated carbocycles. The second kappa shape index (κ2) is 9.17. The molecule has 36 heavy (non-hydrogen) atoms. The molecule has 1 amide bonds. The summed E-state index contributed by atoms with van der Waals surface area (Å²) < 4.78 is 38.6. The summed E-state index contributed by atoms with van der Waals surface area (Å²) in [5.74, 6) is -2.30. The van der Waals surface area contributed by atoms with E-state index in [4.69, 9.17) is 9.47 Å². The second-order valence-electron chi connectivity index (χ2n) is 9.95. The van der Waals surface area contributed by atoms with E-state index in [9.17, 15) is 18.4 Å². The largest absolute Gasteiger partial charge is 0.482 e. The summed E-state index contributed by atoms with van der Waals surface area (Å²) >= 11 is 0. The van der Waals surface area contributed by atoms with Crippen LogP contribution in [0, 0.1) is 17.6 Å². The number of esters is 1. The fourth-order valence-electron chi connectivity index (χ4n) is 5.17. The number of ether oxygens (including phenoxy) is 2. The Morgan fingerprint density at radius 2 is 1.81 bits per heavy atom. The lowest BCUT2D eigenvalue weighted by molar-refractivity contribution is -0.147. The predicted molar refractivity (Wildman–Crippen MR) is 132 cm³/mol. The first kappa shape index (κ1) is 24.2.